The van der Waals surface area contributed by atoms with Gasteiger partial charge in [0, 0.05) is 17.5 Å². The van der Waals surface area contributed by atoms with Crippen LogP contribution in [-0.2, 0) is 6.54 Å². The molecular formula is C23H23N3O3S. The van der Waals surface area contributed by atoms with Crippen molar-refractivity contribution in [2.75, 3.05) is 26.6 Å². The lowest BCUT2D eigenvalue weighted by Gasteiger charge is -2.15. The van der Waals surface area contributed by atoms with Crippen molar-refractivity contribution in [1.29, 1.82) is 0 Å². The maximum atomic E-state index is 5.47. The van der Waals surface area contributed by atoms with Gasteiger partial charge in [-0.15, -0.1) is 11.3 Å². The van der Waals surface area contributed by atoms with Crippen LogP contribution in [-0.4, -0.2) is 31.3 Å². The Bertz CT molecular complexity index is 1150. The first-order valence-electron chi connectivity index (χ1n) is 9.48. The van der Waals surface area contributed by atoms with Crippen LogP contribution in [0.1, 0.15) is 11.4 Å². The Kier molecular flexibility index (Phi) is 5.72. The molecule has 0 aliphatic heterocycles. The van der Waals surface area contributed by atoms with Crippen LogP contribution in [0.3, 0.4) is 0 Å². The summed E-state index contributed by atoms with van der Waals surface area (Å²) in [5.74, 6) is 3.37. The van der Waals surface area contributed by atoms with Crippen LogP contribution in [0.5, 0.6) is 17.2 Å². The minimum Gasteiger partial charge on any atom is -0.493 e. The zero-order chi connectivity index (χ0) is 21.1. The Morgan fingerprint density at radius 2 is 1.63 bits per heavy atom. The molecule has 0 unspecified atom stereocenters. The number of benzene rings is 2. The molecule has 0 fully saturated rings. The highest BCUT2D eigenvalue weighted by Crippen LogP contribution is 2.39. The predicted molar refractivity (Wildman–Crippen MR) is 121 cm³/mol. The van der Waals surface area contributed by atoms with Gasteiger partial charge in [0.05, 0.1) is 26.7 Å². The van der Waals surface area contributed by atoms with Crippen molar-refractivity contribution >= 4 is 27.4 Å². The number of nitrogens with one attached hydrogen (secondary N) is 1. The summed E-state index contributed by atoms with van der Waals surface area (Å²) in [7, 11) is 4.83. The first kappa shape index (κ1) is 20.0. The second-order valence-electron chi connectivity index (χ2n) is 6.70. The van der Waals surface area contributed by atoms with Crippen molar-refractivity contribution in [3.8, 4) is 28.4 Å². The summed E-state index contributed by atoms with van der Waals surface area (Å²) in [5, 5.41) is 6.65. The number of hydrogen-bond donors (Lipinski definition) is 1. The van der Waals surface area contributed by atoms with E-state index in [0.29, 0.717) is 23.8 Å². The molecule has 0 bridgehead atoms. The van der Waals surface area contributed by atoms with Gasteiger partial charge in [-0.2, -0.15) is 0 Å². The van der Waals surface area contributed by atoms with Crippen molar-refractivity contribution in [1.82, 2.24) is 9.97 Å². The second-order valence-corrected chi connectivity index (χ2v) is 7.56. The smallest absolute Gasteiger partial charge is 0.203 e. The fourth-order valence-electron chi connectivity index (χ4n) is 3.43. The van der Waals surface area contributed by atoms with E-state index in [1.165, 1.54) is 0 Å². The first-order valence-corrected chi connectivity index (χ1v) is 10.4. The largest absolute Gasteiger partial charge is 0.493 e. The lowest BCUT2D eigenvalue weighted by atomic mass is 10.1. The Morgan fingerprint density at radius 1 is 0.933 bits per heavy atom. The molecule has 0 aliphatic rings. The van der Waals surface area contributed by atoms with E-state index in [4.69, 9.17) is 19.2 Å². The van der Waals surface area contributed by atoms with Gasteiger partial charge in [-0.25, -0.2) is 9.97 Å². The third-order valence-electron chi connectivity index (χ3n) is 4.81. The van der Waals surface area contributed by atoms with Crippen LogP contribution >= 0.6 is 11.3 Å². The lowest BCUT2D eigenvalue weighted by Crippen LogP contribution is -2.05. The molecule has 4 rings (SSSR count). The van der Waals surface area contributed by atoms with Crippen molar-refractivity contribution in [3.05, 3.63) is 59.2 Å². The van der Waals surface area contributed by atoms with E-state index in [2.05, 4.69) is 27.8 Å². The highest BCUT2D eigenvalue weighted by molar-refractivity contribution is 7.17. The summed E-state index contributed by atoms with van der Waals surface area (Å²) in [6.07, 6.45) is 0. The Balaban J connectivity index is 1.72. The minimum atomic E-state index is 0.548. The van der Waals surface area contributed by atoms with Crippen molar-refractivity contribution in [3.63, 3.8) is 0 Å². The standard InChI is InChI=1S/C23H23N3O3S/c1-14-25-22(20-17(13-30-23(20)26-14)16-8-6-5-7-9-16)24-12-15-10-18(27-2)21(29-4)19(11-15)28-3/h5-11,13H,12H2,1-4H3,(H,24,25,26). The van der Waals surface area contributed by atoms with Gasteiger partial charge in [0.1, 0.15) is 16.5 Å². The van der Waals surface area contributed by atoms with Crippen LogP contribution < -0.4 is 19.5 Å². The number of methoxy groups -OCH3 is 3. The van der Waals surface area contributed by atoms with Crippen molar-refractivity contribution in [2.45, 2.75) is 13.5 Å². The fourth-order valence-corrected chi connectivity index (χ4v) is 4.42. The number of anilines is 1. The van der Waals surface area contributed by atoms with Gasteiger partial charge in [-0.1, -0.05) is 30.3 Å². The van der Waals surface area contributed by atoms with Gasteiger partial charge in [0.15, 0.2) is 11.5 Å². The van der Waals surface area contributed by atoms with Crippen molar-refractivity contribution < 1.29 is 14.2 Å². The highest BCUT2D eigenvalue weighted by Gasteiger charge is 2.16. The molecule has 0 spiro atoms. The van der Waals surface area contributed by atoms with Crippen molar-refractivity contribution in [2.24, 2.45) is 0 Å². The molecule has 1 N–H and O–H groups in total. The molecule has 7 heteroatoms. The van der Waals surface area contributed by atoms with E-state index < -0.39 is 0 Å². The Hall–Kier alpha value is -3.32. The number of thiophene rings is 1. The second kappa shape index (κ2) is 8.59. The van der Waals surface area contributed by atoms with Gasteiger partial charge in [0.2, 0.25) is 5.75 Å². The molecule has 0 radical (unpaired) electrons. The first-order chi connectivity index (χ1) is 14.6. The molecule has 0 aliphatic carbocycles. The average molecular weight is 422 g/mol. The normalized spacial score (nSPS) is 10.8. The van der Waals surface area contributed by atoms with E-state index in [9.17, 15) is 0 Å². The van der Waals surface area contributed by atoms with Crippen LogP contribution in [0.25, 0.3) is 21.3 Å². The fraction of sp³-hybridized carbons (Fsp3) is 0.217. The molecule has 0 amide bonds. The molecule has 4 aromatic rings. The molecule has 6 nitrogen and oxygen atoms in total. The van der Waals surface area contributed by atoms with Crippen LogP contribution in [0, 0.1) is 6.92 Å². The zero-order valence-electron chi connectivity index (χ0n) is 17.4. The summed E-state index contributed by atoms with van der Waals surface area (Å²) in [6, 6.07) is 14.2. The number of aromatic nitrogens is 2. The van der Waals surface area contributed by atoms with Gasteiger partial charge < -0.3 is 19.5 Å². The zero-order valence-corrected chi connectivity index (χ0v) is 18.2. The summed E-state index contributed by atoms with van der Waals surface area (Å²) >= 11 is 1.63. The summed E-state index contributed by atoms with van der Waals surface area (Å²) in [4.78, 5) is 10.3. The molecule has 2 aromatic heterocycles. The van der Waals surface area contributed by atoms with E-state index in [1.54, 1.807) is 32.7 Å². The Morgan fingerprint density at radius 3 is 2.27 bits per heavy atom. The van der Waals surface area contributed by atoms with E-state index in [1.807, 2.05) is 37.3 Å². The molecule has 0 saturated carbocycles. The summed E-state index contributed by atoms with van der Waals surface area (Å²) in [5.41, 5.74) is 3.26. The molecule has 0 atom stereocenters. The molecule has 154 valence electrons. The third-order valence-corrected chi connectivity index (χ3v) is 5.69. The quantitative estimate of drug-likeness (QED) is 0.437. The van der Waals surface area contributed by atoms with E-state index >= 15 is 0 Å². The molecule has 0 saturated heterocycles. The monoisotopic (exact) mass is 421 g/mol. The predicted octanol–water partition coefficient (Wildman–Crippen LogP) is 5.30. The van der Waals surface area contributed by atoms with Gasteiger partial charge in [-0.05, 0) is 30.2 Å². The third kappa shape index (κ3) is 3.76. The lowest BCUT2D eigenvalue weighted by molar-refractivity contribution is 0.324. The average Bonchev–Trinajstić information content (AvgIpc) is 3.21. The summed E-state index contributed by atoms with van der Waals surface area (Å²) < 4.78 is 16.4. The van der Waals surface area contributed by atoms with E-state index in [0.717, 1.165) is 38.5 Å². The SMILES string of the molecule is COc1cc(CNc2nc(C)nc3scc(-c4ccccc4)c23)cc(OC)c1OC. The maximum absolute atomic E-state index is 5.47. The summed E-state index contributed by atoms with van der Waals surface area (Å²) in [6.45, 7) is 2.46. The molecular weight excluding hydrogens is 398 g/mol. The number of ether oxygens (including phenoxy) is 3. The highest BCUT2D eigenvalue weighted by atomic mass is 32.1. The number of fused-ring (bicyclic) bond motifs is 1. The van der Waals surface area contributed by atoms with Gasteiger partial charge >= 0.3 is 0 Å². The molecule has 30 heavy (non-hydrogen) atoms. The van der Waals surface area contributed by atoms with Crippen LogP contribution in [0.15, 0.2) is 47.8 Å². The minimum absolute atomic E-state index is 0.548. The van der Waals surface area contributed by atoms with Crippen LogP contribution in [0.2, 0.25) is 0 Å². The van der Waals surface area contributed by atoms with Gasteiger partial charge in [-0.3, -0.25) is 0 Å². The topological polar surface area (TPSA) is 65.5 Å². The number of nitrogens with zero attached hydrogens (tertiary/aromatic N) is 2. The number of rotatable bonds is 7. The Labute approximate surface area is 179 Å². The van der Waals surface area contributed by atoms with Crippen LogP contribution in [0.4, 0.5) is 5.82 Å². The number of hydrogen-bond acceptors (Lipinski definition) is 7. The maximum Gasteiger partial charge on any atom is 0.203 e. The number of aryl methyl sites for hydroxylation is 1. The molecule has 2 heterocycles. The van der Waals surface area contributed by atoms with Gasteiger partial charge in [0.25, 0.3) is 0 Å². The molecule has 2 aromatic carbocycles. The van der Waals surface area contributed by atoms with E-state index in [-0.39, 0.29) is 0 Å².